The van der Waals surface area contributed by atoms with Gasteiger partial charge in [-0.1, -0.05) is 103 Å². The van der Waals surface area contributed by atoms with Crippen molar-refractivity contribution >= 4 is 78.6 Å². The largest absolute Gasteiger partial charge is 0.497 e. The lowest BCUT2D eigenvalue weighted by Gasteiger charge is -2.26. The lowest BCUT2D eigenvalue weighted by Crippen LogP contribution is -2.09. The molecule has 270 valence electrons. The summed E-state index contributed by atoms with van der Waals surface area (Å²) in [5, 5.41) is 6.99. The molecule has 9 aromatic carbocycles. The van der Waals surface area contributed by atoms with Crippen molar-refractivity contribution in [2.75, 3.05) is 24.0 Å². The fourth-order valence-corrected chi connectivity index (χ4v) is 7.42. The molecule has 0 amide bonds. The van der Waals surface area contributed by atoms with Gasteiger partial charge in [0.15, 0.2) is 0 Å². The first-order chi connectivity index (χ1) is 27.6. The summed E-state index contributed by atoms with van der Waals surface area (Å²) in [5.74, 6) is 1.72. The van der Waals surface area contributed by atoms with Crippen LogP contribution in [0.1, 0.15) is 11.1 Å². The van der Waals surface area contributed by atoms with Crippen molar-refractivity contribution in [1.29, 1.82) is 0 Å². The lowest BCUT2D eigenvalue weighted by atomic mass is 10.0. The first-order valence-electron chi connectivity index (χ1n) is 18.8. The second-order valence-electron chi connectivity index (χ2n) is 13.9. The number of hydrogen-bond acceptors (Lipinski definition) is 4. The predicted molar refractivity (Wildman–Crippen MR) is 237 cm³/mol. The van der Waals surface area contributed by atoms with Crippen molar-refractivity contribution in [2.45, 2.75) is 0 Å². The average molecular weight is 725 g/mol. The normalized spacial score (nSPS) is 11.3. The van der Waals surface area contributed by atoms with Gasteiger partial charge in [0.1, 0.15) is 11.5 Å². The van der Waals surface area contributed by atoms with Crippen LogP contribution in [-0.2, 0) is 0 Å². The van der Waals surface area contributed by atoms with E-state index in [0.717, 1.165) is 78.3 Å². The van der Waals surface area contributed by atoms with Gasteiger partial charge in [-0.25, -0.2) is 0 Å². The van der Waals surface area contributed by atoms with Crippen LogP contribution in [0.25, 0.3) is 44.5 Å². The number of nitrogens with zero attached hydrogens (tertiary/aromatic N) is 2. The van der Waals surface area contributed by atoms with Gasteiger partial charge >= 0.3 is 0 Å². The summed E-state index contributed by atoms with van der Waals surface area (Å²) in [7, 11) is 3.41. The summed E-state index contributed by atoms with van der Waals surface area (Å²) < 4.78 is 10.9. The summed E-state index contributed by atoms with van der Waals surface area (Å²) in [6.45, 7) is 0. The van der Waals surface area contributed by atoms with Crippen LogP contribution in [0.4, 0.5) is 34.1 Å². The van der Waals surface area contributed by atoms with E-state index in [1.807, 2.05) is 12.1 Å². The van der Waals surface area contributed by atoms with E-state index in [1.165, 1.54) is 10.8 Å². The van der Waals surface area contributed by atoms with Gasteiger partial charge < -0.3 is 19.3 Å². The number of hydrogen-bond donors (Lipinski definition) is 0. The van der Waals surface area contributed by atoms with Crippen molar-refractivity contribution < 1.29 is 9.47 Å². The van der Waals surface area contributed by atoms with Crippen LogP contribution in [0, 0.1) is 0 Å². The maximum atomic E-state index is 5.46. The van der Waals surface area contributed by atoms with E-state index in [9.17, 15) is 0 Å². The Bertz CT molecular complexity index is 2830. The van der Waals surface area contributed by atoms with Gasteiger partial charge in [-0.2, -0.15) is 0 Å². The molecule has 0 aliphatic heterocycles. The fourth-order valence-electron chi connectivity index (χ4n) is 7.42. The molecule has 56 heavy (non-hydrogen) atoms. The van der Waals surface area contributed by atoms with Crippen LogP contribution >= 0.6 is 0 Å². The van der Waals surface area contributed by atoms with E-state index in [4.69, 9.17) is 9.47 Å². The number of benzene rings is 9. The molecule has 9 rings (SSSR count). The predicted octanol–water partition coefficient (Wildman–Crippen LogP) is 14.3. The minimum absolute atomic E-state index is 0.858. The summed E-state index contributed by atoms with van der Waals surface area (Å²) in [5.41, 5.74) is 8.90. The molecule has 9 aromatic rings. The van der Waals surface area contributed by atoms with E-state index >= 15 is 0 Å². The van der Waals surface area contributed by atoms with Crippen molar-refractivity contribution in [3.8, 4) is 11.5 Å². The van der Waals surface area contributed by atoms with Gasteiger partial charge in [-0.3, -0.25) is 0 Å². The Labute approximate surface area is 327 Å². The Morgan fingerprint density at radius 3 is 1.12 bits per heavy atom. The van der Waals surface area contributed by atoms with Gasteiger partial charge in [-0.05, 0) is 147 Å². The van der Waals surface area contributed by atoms with Crippen LogP contribution < -0.4 is 19.3 Å². The molecule has 0 aromatic heterocycles. The molecular formula is C52H40N2O2. The van der Waals surface area contributed by atoms with Gasteiger partial charge in [0.05, 0.1) is 14.2 Å². The first kappa shape index (κ1) is 34.5. The molecule has 0 N–H and O–H groups in total. The molecule has 0 unspecified atom stereocenters. The van der Waals surface area contributed by atoms with Gasteiger partial charge in [0, 0.05) is 34.1 Å². The summed E-state index contributed by atoms with van der Waals surface area (Å²) in [6, 6.07) is 68.8. The highest BCUT2D eigenvalue weighted by molar-refractivity contribution is 5.94. The maximum Gasteiger partial charge on any atom is 0.119 e. The topological polar surface area (TPSA) is 24.9 Å². The average Bonchev–Trinajstić information content (AvgIpc) is 3.26. The lowest BCUT2D eigenvalue weighted by molar-refractivity contribution is 0.415. The monoisotopic (exact) mass is 724 g/mol. The number of ether oxygens (including phenoxy) is 2. The minimum atomic E-state index is 0.858. The SMILES string of the molecule is COc1ccc2cc(N(c3ccccc3)c3ccc(C=Cc4ccc5cc(N(c6ccccc6)c6ccc7cc(OC)ccc7c6)ccc5c4)cc3)ccc2c1. The second-order valence-corrected chi connectivity index (χ2v) is 13.9. The highest BCUT2D eigenvalue weighted by atomic mass is 16.5. The van der Waals surface area contributed by atoms with Crippen LogP contribution in [0.5, 0.6) is 11.5 Å². The highest BCUT2D eigenvalue weighted by Crippen LogP contribution is 2.39. The Kier molecular flexibility index (Phi) is 9.36. The molecule has 0 atom stereocenters. The van der Waals surface area contributed by atoms with Gasteiger partial charge in [0.2, 0.25) is 0 Å². The molecular weight excluding hydrogens is 685 g/mol. The molecule has 4 heteroatoms. The third-order valence-electron chi connectivity index (χ3n) is 10.3. The number of rotatable bonds is 10. The zero-order valence-corrected chi connectivity index (χ0v) is 31.3. The van der Waals surface area contributed by atoms with E-state index in [0.29, 0.717) is 0 Å². The van der Waals surface area contributed by atoms with Gasteiger partial charge in [-0.15, -0.1) is 0 Å². The van der Waals surface area contributed by atoms with Crippen LogP contribution in [0.15, 0.2) is 194 Å². The van der Waals surface area contributed by atoms with E-state index in [-0.39, 0.29) is 0 Å². The Morgan fingerprint density at radius 1 is 0.304 bits per heavy atom. The number of para-hydroxylation sites is 2. The van der Waals surface area contributed by atoms with Crippen molar-refractivity contribution in [1.82, 2.24) is 0 Å². The highest BCUT2D eigenvalue weighted by Gasteiger charge is 2.15. The van der Waals surface area contributed by atoms with Crippen molar-refractivity contribution in [3.63, 3.8) is 0 Å². The molecule has 0 spiro atoms. The molecule has 0 heterocycles. The van der Waals surface area contributed by atoms with E-state index in [2.05, 4.69) is 204 Å². The van der Waals surface area contributed by atoms with Crippen LogP contribution in [0.3, 0.4) is 0 Å². The molecule has 0 aliphatic carbocycles. The first-order valence-corrected chi connectivity index (χ1v) is 18.8. The fraction of sp³-hybridized carbons (Fsp3) is 0.0385. The van der Waals surface area contributed by atoms with Gasteiger partial charge in [0.25, 0.3) is 0 Å². The Hall–Kier alpha value is -7.30. The number of methoxy groups -OCH3 is 2. The summed E-state index contributed by atoms with van der Waals surface area (Å²) in [4.78, 5) is 4.61. The third-order valence-corrected chi connectivity index (χ3v) is 10.3. The Morgan fingerprint density at radius 2 is 0.643 bits per heavy atom. The van der Waals surface area contributed by atoms with Crippen molar-refractivity contribution in [3.05, 3.63) is 205 Å². The molecule has 0 fully saturated rings. The number of anilines is 6. The standard InChI is InChI=1S/C52H40N2O2/c1-55-51-29-22-41-33-48(27-20-43(41)35-51)53(45-9-5-3-6-10-45)47-24-16-37(17-25-47)13-14-38-15-18-40-32-49(26-19-39(40)31-38)54(46-11-7-4-8-12-46)50-28-21-44-36-52(56-2)30-23-42(44)34-50/h3-36H,1-2H3. The Balaban J connectivity index is 0.981. The van der Waals surface area contributed by atoms with Crippen LogP contribution in [0.2, 0.25) is 0 Å². The molecule has 0 saturated heterocycles. The zero-order valence-electron chi connectivity index (χ0n) is 31.3. The van der Waals surface area contributed by atoms with E-state index < -0.39 is 0 Å². The van der Waals surface area contributed by atoms with E-state index in [1.54, 1.807) is 14.2 Å². The minimum Gasteiger partial charge on any atom is -0.497 e. The molecule has 0 saturated carbocycles. The second kappa shape index (κ2) is 15.2. The maximum absolute atomic E-state index is 5.46. The molecule has 0 aliphatic rings. The summed E-state index contributed by atoms with van der Waals surface area (Å²) >= 11 is 0. The molecule has 0 bridgehead atoms. The third kappa shape index (κ3) is 7.04. The molecule has 4 nitrogen and oxygen atoms in total. The van der Waals surface area contributed by atoms with Crippen molar-refractivity contribution in [2.24, 2.45) is 0 Å². The quantitative estimate of drug-likeness (QED) is 0.131. The molecule has 0 radical (unpaired) electrons. The number of fused-ring (bicyclic) bond motifs is 3. The van der Waals surface area contributed by atoms with Crippen LogP contribution in [-0.4, -0.2) is 14.2 Å². The smallest absolute Gasteiger partial charge is 0.119 e. The zero-order chi connectivity index (χ0) is 37.8. The summed E-state index contributed by atoms with van der Waals surface area (Å²) in [6.07, 6.45) is 4.37.